The summed E-state index contributed by atoms with van der Waals surface area (Å²) in [6.45, 7) is -0.431. The largest absolute Gasteiger partial charge is 0.497 e. The Morgan fingerprint density at radius 2 is 1.93 bits per heavy atom. The molecule has 3 aromatic rings. The normalized spacial score (nSPS) is 10.6. The van der Waals surface area contributed by atoms with Gasteiger partial charge in [0, 0.05) is 0 Å². The number of halogens is 2. The average molecular weight is 377 g/mol. The molecule has 0 radical (unpaired) electrons. The van der Waals surface area contributed by atoms with Gasteiger partial charge in [0.1, 0.15) is 17.1 Å². The second kappa shape index (κ2) is 7.28. The fourth-order valence-electron chi connectivity index (χ4n) is 2.27. The van der Waals surface area contributed by atoms with Gasteiger partial charge in [-0.3, -0.25) is 4.79 Å². The van der Waals surface area contributed by atoms with E-state index in [-0.39, 0.29) is 5.89 Å². The molecule has 1 aromatic heterocycles. The van der Waals surface area contributed by atoms with Crippen LogP contribution in [0.5, 0.6) is 11.5 Å². The molecule has 0 unspecified atom stereocenters. The summed E-state index contributed by atoms with van der Waals surface area (Å²) in [5, 5.41) is 3.94. The van der Waals surface area contributed by atoms with E-state index in [4.69, 9.17) is 19.6 Å². The Balaban J connectivity index is 1.81. The Kier molecular flexibility index (Phi) is 4.88. The van der Waals surface area contributed by atoms with Crippen molar-refractivity contribution in [2.45, 2.75) is 6.61 Å². The zero-order chi connectivity index (χ0) is 19.6. The average Bonchev–Trinajstić information content (AvgIpc) is 3.01. The third-order valence-electron chi connectivity index (χ3n) is 3.56. The number of carbonyl (C=O) groups is 1. The number of aromatic nitrogens is 2. The van der Waals surface area contributed by atoms with Gasteiger partial charge in [-0.05, 0) is 36.4 Å². The molecular weight excluding hydrogens is 364 g/mol. The first kappa shape index (κ1) is 18.1. The van der Waals surface area contributed by atoms with Crippen molar-refractivity contribution in [2.24, 2.45) is 5.73 Å². The van der Waals surface area contributed by atoms with E-state index in [0.29, 0.717) is 11.4 Å². The van der Waals surface area contributed by atoms with Gasteiger partial charge in [-0.2, -0.15) is 4.68 Å². The van der Waals surface area contributed by atoms with E-state index < -0.39 is 41.2 Å². The smallest absolute Gasteiger partial charge is 0.442 e. The number of benzene rings is 2. The van der Waals surface area contributed by atoms with Crippen LogP contribution in [0.15, 0.2) is 45.6 Å². The third kappa shape index (κ3) is 3.64. The molecule has 1 heterocycles. The number of ether oxygens (including phenoxy) is 2. The van der Waals surface area contributed by atoms with Crippen LogP contribution in [0.4, 0.5) is 8.78 Å². The molecule has 3 rings (SSSR count). The Hall–Kier alpha value is -3.69. The lowest BCUT2D eigenvalue weighted by Gasteiger charge is -2.07. The maximum atomic E-state index is 14.1. The second-order valence-corrected chi connectivity index (χ2v) is 5.26. The highest BCUT2D eigenvalue weighted by molar-refractivity contribution is 5.93. The van der Waals surface area contributed by atoms with E-state index in [1.165, 1.54) is 7.11 Å². The number of nitrogens with zero attached hydrogens (tertiary/aromatic N) is 2. The first-order chi connectivity index (χ1) is 12.9. The van der Waals surface area contributed by atoms with Crippen LogP contribution in [-0.4, -0.2) is 22.8 Å². The molecule has 2 aromatic carbocycles. The maximum Gasteiger partial charge on any atom is 0.442 e. The van der Waals surface area contributed by atoms with E-state index in [1.54, 1.807) is 24.3 Å². The van der Waals surface area contributed by atoms with Crippen molar-refractivity contribution in [3.63, 3.8) is 0 Å². The molecule has 0 saturated carbocycles. The highest BCUT2D eigenvalue weighted by Crippen LogP contribution is 2.23. The Bertz CT molecular complexity index is 1040. The predicted molar refractivity (Wildman–Crippen MR) is 87.9 cm³/mol. The zero-order valence-corrected chi connectivity index (χ0v) is 13.9. The van der Waals surface area contributed by atoms with Crippen molar-refractivity contribution in [3.8, 4) is 17.2 Å². The molecule has 0 aliphatic carbocycles. The summed E-state index contributed by atoms with van der Waals surface area (Å²) in [4.78, 5) is 23.0. The molecule has 8 nitrogen and oxygen atoms in total. The Morgan fingerprint density at radius 3 is 2.56 bits per heavy atom. The van der Waals surface area contributed by atoms with Crippen molar-refractivity contribution < 1.29 is 27.5 Å². The molecule has 140 valence electrons. The maximum absolute atomic E-state index is 14.1. The van der Waals surface area contributed by atoms with Crippen LogP contribution in [-0.2, 0) is 6.61 Å². The number of rotatable bonds is 6. The van der Waals surface area contributed by atoms with Gasteiger partial charge in [0.05, 0.1) is 12.8 Å². The predicted octanol–water partition coefficient (Wildman–Crippen LogP) is 1.79. The van der Waals surface area contributed by atoms with E-state index >= 15 is 0 Å². The van der Waals surface area contributed by atoms with Gasteiger partial charge >= 0.3 is 5.76 Å². The molecule has 0 aliphatic rings. The van der Waals surface area contributed by atoms with Crippen LogP contribution in [0.3, 0.4) is 0 Å². The Labute approximate surface area is 150 Å². The summed E-state index contributed by atoms with van der Waals surface area (Å²) in [5.74, 6) is -4.41. The SMILES string of the molecule is COc1ccc(-n2nc(COc3ccc(F)c(C(N)=O)c3F)oc2=O)cc1. The number of amides is 1. The molecular formula is C17H13F2N3O5. The summed E-state index contributed by atoms with van der Waals surface area (Å²) in [6.07, 6.45) is 0. The molecule has 10 heteroatoms. The molecule has 1 amide bonds. The van der Waals surface area contributed by atoms with Gasteiger partial charge < -0.3 is 19.6 Å². The monoisotopic (exact) mass is 377 g/mol. The van der Waals surface area contributed by atoms with Crippen LogP contribution in [0.2, 0.25) is 0 Å². The van der Waals surface area contributed by atoms with Crippen LogP contribution < -0.4 is 21.0 Å². The summed E-state index contributed by atoms with van der Waals surface area (Å²) < 4.78 is 43.7. The van der Waals surface area contributed by atoms with Crippen molar-refractivity contribution >= 4 is 5.91 Å². The minimum Gasteiger partial charge on any atom is -0.497 e. The van der Waals surface area contributed by atoms with E-state index in [1.807, 2.05) is 0 Å². The number of hydrogen-bond acceptors (Lipinski definition) is 6. The van der Waals surface area contributed by atoms with E-state index in [0.717, 1.165) is 16.8 Å². The summed E-state index contributed by atoms with van der Waals surface area (Å²) >= 11 is 0. The molecule has 27 heavy (non-hydrogen) atoms. The van der Waals surface area contributed by atoms with Crippen molar-refractivity contribution in [1.82, 2.24) is 9.78 Å². The second-order valence-electron chi connectivity index (χ2n) is 5.26. The lowest BCUT2D eigenvalue weighted by Crippen LogP contribution is -2.16. The van der Waals surface area contributed by atoms with Crippen molar-refractivity contribution in [1.29, 1.82) is 0 Å². The first-order valence-electron chi connectivity index (χ1n) is 7.54. The molecule has 0 spiro atoms. The highest BCUT2D eigenvalue weighted by atomic mass is 19.1. The molecule has 0 saturated heterocycles. The number of methoxy groups -OCH3 is 1. The number of nitrogens with two attached hydrogens (primary N) is 1. The standard InChI is InChI=1S/C17H13F2N3O5/c1-25-10-4-2-9(3-5-10)22-17(24)27-13(21-22)8-26-12-7-6-11(18)14(15(12)19)16(20)23/h2-7H,8H2,1H3,(H2,20,23). The van der Waals surface area contributed by atoms with Gasteiger partial charge in [0.2, 0.25) is 0 Å². The Morgan fingerprint density at radius 1 is 1.22 bits per heavy atom. The third-order valence-corrected chi connectivity index (χ3v) is 3.56. The lowest BCUT2D eigenvalue weighted by molar-refractivity contribution is 0.0991. The summed E-state index contributed by atoms with van der Waals surface area (Å²) in [6, 6.07) is 8.26. The first-order valence-corrected chi connectivity index (χ1v) is 7.54. The number of primary amides is 1. The van der Waals surface area contributed by atoms with Crippen molar-refractivity contribution in [2.75, 3.05) is 7.11 Å². The van der Waals surface area contributed by atoms with Crippen LogP contribution >= 0.6 is 0 Å². The van der Waals surface area contributed by atoms with Crippen LogP contribution in [0.1, 0.15) is 16.2 Å². The molecule has 0 aliphatic heterocycles. The summed E-state index contributed by atoms with van der Waals surface area (Å²) in [5.41, 5.74) is 4.44. The minimum atomic E-state index is -1.27. The van der Waals surface area contributed by atoms with Gasteiger partial charge in [0.25, 0.3) is 11.8 Å². The molecule has 0 atom stereocenters. The van der Waals surface area contributed by atoms with Gasteiger partial charge in [-0.25, -0.2) is 13.6 Å². The zero-order valence-electron chi connectivity index (χ0n) is 13.9. The van der Waals surface area contributed by atoms with Gasteiger partial charge in [-0.15, -0.1) is 5.10 Å². The number of hydrogen-bond donors (Lipinski definition) is 1. The fourth-order valence-corrected chi connectivity index (χ4v) is 2.27. The quantitative estimate of drug-likeness (QED) is 0.701. The van der Waals surface area contributed by atoms with Gasteiger partial charge in [0.15, 0.2) is 18.2 Å². The fraction of sp³-hybridized carbons (Fsp3) is 0.118. The molecule has 0 fully saturated rings. The topological polar surface area (TPSA) is 110 Å². The summed E-state index contributed by atoms with van der Waals surface area (Å²) in [7, 11) is 1.50. The van der Waals surface area contributed by atoms with E-state index in [9.17, 15) is 18.4 Å². The lowest BCUT2D eigenvalue weighted by atomic mass is 10.2. The van der Waals surface area contributed by atoms with Crippen LogP contribution in [0.25, 0.3) is 5.69 Å². The van der Waals surface area contributed by atoms with Crippen LogP contribution in [0, 0.1) is 11.6 Å². The van der Waals surface area contributed by atoms with Crippen molar-refractivity contribution in [3.05, 3.63) is 70.0 Å². The minimum absolute atomic E-state index is 0.153. The molecule has 2 N–H and O–H groups in total. The number of carbonyl (C=O) groups excluding carboxylic acids is 1. The molecule has 0 bridgehead atoms. The highest BCUT2D eigenvalue weighted by Gasteiger charge is 2.20. The van der Waals surface area contributed by atoms with Gasteiger partial charge in [-0.1, -0.05) is 0 Å². The van der Waals surface area contributed by atoms with E-state index in [2.05, 4.69) is 5.10 Å².